The highest BCUT2D eigenvalue weighted by molar-refractivity contribution is 6.33. The summed E-state index contributed by atoms with van der Waals surface area (Å²) in [6.45, 7) is 4.31. The molecular weight excluding hydrogens is 593 g/mol. The Labute approximate surface area is 257 Å². The molecule has 1 N–H and O–H groups in total. The van der Waals surface area contributed by atoms with Crippen molar-refractivity contribution < 1.29 is 28.1 Å². The van der Waals surface area contributed by atoms with Crippen molar-refractivity contribution in [3.63, 3.8) is 0 Å². The molecule has 4 aliphatic heterocycles. The summed E-state index contributed by atoms with van der Waals surface area (Å²) >= 11 is 6.75. The van der Waals surface area contributed by atoms with Crippen molar-refractivity contribution in [3.8, 4) is 17.3 Å². The highest BCUT2D eigenvalue weighted by Crippen LogP contribution is 2.40. The zero-order valence-electron chi connectivity index (χ0n) is 24.6. The number of nitrogens with zero attached hydrogens (tertiary/aromatic N) is 6. The second-order valence-corrected chi connectivity index (χ2v) is 12.3. The van der Waals surface area contributed by atoms with Crippen molar-refractivity contribution >= 4 is 45.4 Å². The number of ether oxygens (including phenoxy) is 4. The first-order valence-electron chi connectivity index (χ1n) is 14.8. The lowest BCUT2D eigenvalue weighted by molar-refractivity contribution is -0.0575. The summed E-state index contributed by atoms with van der Waals surface area (Å²) < 4.78 is 40.1. The van der Waals surface area contributed by atoms with Crippen molar-refractivity contribution in [1.82, 2.24) is 30.0 Å². The zero-order valence-corrected chi connectivity index (χ0v) is 25.3. The molecule has 1 unspecified atom stereocenters. The van der Waals surface area contributed by atoms with Crippen molar-refractivity contribution in [3.05, 3.63) is 34.9 Å². The smallest absolute Gasteiger partial charge is 0.462 e. The number of H-pyrrole nitrogens is 1. The number of carbonyl (C=O) groups is 1. The Morgan fingerprint density at radius 3 is 2.93 bits per heavy atom. The fraction of sp³-hybridized carbons (Fsp3) is 0.500. The number of carbonyl (C=O) groups excluding carboxylic acids is 1. The number of aromatic nitrogens is 5. The minimum Gasteiger partial charge on any atom is -0.462 e. The van der Waals surface area contributed by atoms with Crippen LogP contribution in [0.3, 0.4) is 0 Å². The van der Waals surface area contributed by atoms with Gasteiger partial charge in [0.2, 0.25) is 0 Å². The van der Waals surface area contributed by atoms with Crippen LogP contribution in [0.1, 0.15) is 31.7 Å². The molecule has 2 atom stereocenters. The molecule has 2 saturated heterocycles. The summed E-state index contributed by atoms with van der Waals surface area (Å²) in [5.41, 5.74) is 0.885. The molecule has 0 amide bonds. The molecule has 12 nitrogen and oxygen atoms in total. The number of pyridine rings is 1. The van der Waals surface area contributed by atoms with Gasteiger partial charge in [-0.2, -0.15) is 15.1 Å². The molecule has 0 aliphatic carbocycles. The van der Waals surface area contributed by atoms with Crippen LogP contribution in [-0.2, 0) is 20.6 Å². The molecule has 3 aromatic heterocycles. The normalized spacial score (nSPS) is 23.1. The van der Waals surface area contributed by atoms with Gasteiger partial charge in [0.1, 0.15) is 23.6 Å². The highest BCUT2D eigenvalue weighted by atomic mass is 35.5. The number of benzene rings is 1. The molecule has 6 bridgehead atoms. The molecule has 8 rings (SSSR count). The highest BCUT2D eigenvalue weighted by Gasteiger charge is 2.37. The third kappa shape index (κ3) is 5.37. The van der Waals surface area contributed by atoms with Gasteiger partial charge < -0.3 is 28.7 Å². The number of likely N-dealkylation sites (tertiary alicyclic amines) is 1. The lowest BCUT2D eigenvalue weighted by atomic mass is 9.95. The van der Waals surface area contributed by atoms with Crippen LogP contribution in [-0.4, -0.2) is 101 Å². The minimum absolute atomic E-state index is 0.0527. The van der Waals surface area contributed by atoms with Gasteiger partial charge in [0.15, 0.2) is 11.4 Å². The van der Waals surface area contributed by atoms with Crippen LogP contribution in [0.25, 0.3) is 33.1 Å². The molecule has 1 aromatic carbocycles. The maximum atomic E-state index is 16.9. The molecule has 14 heteroatoms. The van der Waals surface area contributed by atoms with Gasteiger partial charge in [0.25, 0.3) is 0 Å². The first-order valence-corrected chi connectivity index (χ1v) is 15.2. The lowest BCUT2D eigenvalue weighted by Crippen LogP contribution is -2.46. The molecule has 44 heavy (non-hydrogen) atoms. The van der Waals surface area contributed by atoms with Crippen LogP contribution in [0.2, 0.25) is 5.02 Å². The zero-order chi connectivity index (χ0) is 30.4. The van der Waals surface area contributed by atoms with Gasteiger partial charge in [0.05, 0.1) is 43.5 Å². The second kappa shape index (κ2) is 11.6. The SMILES string of the molecule is CN1CCC[C@H]1COc1nc2c3cnc(c(F)c3n1)-c1c(c(Cl)cc3[nH]ncc13)CCCOC(=O)OC1(C)COCCN2C1. The Morgan fingerprint density at radius 1 is 1.20 bits per heavy atom. The number of anilines is 1. The summed E-state index contributed by atoms with van der Waals surface area (Å²) in [6.07, 6.45) is 5.28. The molecule has 232 valence electrons. The van der Waals surface area contributed by atoms with E-state index in [4.69, 9.17) is 35.5 Å². The van der Waals surface area contributed by atoms with Gasteiger partial charge in [-0.1, -0.05) is 11.6 Å². The van der Waals surface area contributed by atoms with E-state index in [1.165, 1.54) is 0 Å². The topological polar surface area (TPSA) is 128 Å². The number of fused-ring (bicyclic) bond motifs is 7. The number of hydrogen-bond donors (Lipinski definition) is 1. The lowest BCUT2D eigenvalue weighted by Gasteiger charge is -2.32. The van der Waals surface area contributed by atoms with E-state index in [0.717, 1.165) is 19.4 Å². The first kappa shape index (κ1) is 28.9. The number of aromatic amines is 1. The van der Waals surface area contributed by atoms with Crippen molar-refractivity contribution in [1.29, 1.82) is 0 Å². The average molecular weight is 626 g/mol. The van der Waals surface area contributed by atoms with Gasteiger partial charge in [-0.15, -0.1) is 0 Å². The van der Waals surface area contributed by atoms with Crippen molar-refractivity contribution in [2.24, 2.45) is 0 Å². The van der Waals surface area contributed by atoms with E-state index in [1.54, 1.807) is 25.4 Å². The van der Waals surface area contributed by atoms with Gasteiger partial charge in [0, 0.05) is 34.8 Å². The summed E-state index contributed by atoms with van der Waals surface area (Å²) in [5, 5.41) is 8.56. The second-order valence-electron chi connectivity index (χ2n) is 11.9. The van der Waals surface area contributed by atoms with E-state index in [-0.39, 0.29) is 43.0 Å². The van der Waals surface area contributed by atoms with Crippen LogP contribution >= 0.6 is 11.6 Å². The molecule has 4 aromatic rings. The van der Waals surface area contributed by atoms with Gasteiger partial charge in [-0.25, -0.2) is 9.18 Å². The Hall–Kier alpha value is -3.81. The average Bonchev–Trinajstić information content (AvgIpc) is 3.58. The molecule has 2 fully saturated rings. The molecule has 4 aliphatic rings. The Balaban J connectivity index is 1.43. The Morgan fingerprint density at radius 2 is 2.09 bits per heavy atom. The predicted molar refractivity (Wildman–Crippen MR) is 161 cm³/mol. The fourth-order valence-electron chi connectivity index (χ4n) is 6.35. The van der Waals surface area contributed by atoms with E-state index in [1.807, 2.05) is 4.90 Å². The molecule has 0 radical (unpaired) electrons. The standard InChI is InChI=1S/C30H33ClFN7O5/c1-30-15-39(8-10-41-16-30)27-20-12-33-26(24(32)25(20)35-28(36-27)43-14-17-5-3-7-38(17)2)23-18(6-4-9-42-29(40)44-30)21(31)11-22-19(23)13-34-37-22/h11-13,17H,3-10,14-16H2,1-2H3,(H,34,37)/t17-,30?/m0/s1. The van der Waals surface area contributed by atoms with E-state index < -0.39 is 17.6 Å². The summed E-state index contributed by atoms with van der Waals surface area (Å²) in [4.78, 5) is 30.9. The molecule has 7 heterocycles. The van der Waals surface area contributed by atoms with E-state index in [0.29, 0.717) is 70.9 Å². The van der Waals surface area contributed by atoms with E-state index >= 15 is 4.39 Å². The number of halogens is 2. The van der Waals surface area contributed by atoms with Gasteiger partial charge in [-0.05, 0) is 57.8 Å². The van der Waals surface area contributed by atoms with Crippen LogP contribution in [0.15, 0.2) is 18.5 Å². The Kier molecular flexibility index (Phi) is 7.63. The van der Waals surface area contributed by atoms with Crippen LogP contribution in [0, 0.1) is 5.82 Å². The summed E-state index contributed by atoms with van der Waals surface area (Å²) in [7, 11) is 2.06. The number of nitrogens with one attached hydrogen (secondary N) is 1. The summed E-state index contributed by atoms with van der Waals surface area (Å²) in [5.74, 6) is -0.216. The fourth-order valence-corrected chi connectivity index (χ4v) is 6.65. The third-order valence-corrected chi connectivity index (χ3v) is 8.95. The number of hydrogen-bond acceptors (Lipinski definition) is 11. The van der Waals surface area contributed by atoms with Gasteiger partial charge in [-0.3, -0.25) is 10.1 Å². The quantitative estimate of drug-likeness (QED) is 0.323. The maximum absolute atomic E-state index is 16.9. The molecule has 0 spiro atoms. The van der Waals surface area contributed by atoms with Crippen molar-refractivity contribution in [2.75, 3.05) is 58.0 Å². The van der Waals surface area contributed by atoms with Gasteiger partial charge >= 0.3 is 12.2 Å². The van der Waals surface area contributed by atoms with E-state index in [9.17, 15) is 4.79 Å². The summed E-state index contributed by atoms with van der Waals surface area (Å²) in [6, 6.07) is 2.01. The number of rotatable bonds is 3. The van der Waals surface area contributed by atoms with Crippen molar-refractivity contribution in [2.45, 2.75) is 44.2 Å². The minimum atomic E-state index is -1.07. The first-order chi connectivity index (χ1) is 21.3. The largest absolute Gasteiger partial charge is 0.508 e. The van der Waals surface area contributed by atoms with E-state index in [2.05, 4.69) is 32.1 Å². The maximum Gasteiger partial charge on any atom is 0.508 e. The van der Waals surface area contributed by atoms with Crippen LogP contribution < -0.4 is 9.64 Å². The van der Waals surface area contributed by atoms with Crippen LogP contribution in [0.5, 0.6) is 6.01 Å². The predicted octanol–water partition coefficient (Wildman–Crippen LogP) is 4.53. The molecule has 0 saturated carbocycles. The third-order valence-electron chi connectivity index (χ3n) is 8.61. The van der Waals surface area contributed by atoms with Crippen LogP contribution in [0.4, 0.5) is 15.0 Å². The molecular formula is C30H33ClFN7O5. The number of likely N-dealkylation sites (N-methyl/N-ethyl adjacent to an activating group) is 1. The monoisotopic (exact) mass is 625 g/mol. The Bertz CT molecular complexity index is 1740.